The van der Waals surface area contributed by atoms with E-state index in [2.05, 4.69) is 240 Å². The molecule has 0 aliphatic rings. The third kappa shape index (κ3) is 6.14. The summed E-state index contributed by atoms with van der Waals surface area (Å²) in [5.41, 5.74) is 16.4. The van der Waals surface area contributed by atoms with Crippen LogP contribution >= 0.6 is 0 Å². The molecule has 9 aromatic carbocycles. The van der Waals surface area contributed by atoms with E-state index in [1.807, 2.05) is 0 Å². The first-order valence-corrected chi connectivity index (χ1v) is 19.2. The van der Waals surface area contributed by atoms with Crippen LogP contribution in [0.5, 0.6) is 0 Å². The minimum absolute atomic E-state index is 1.09. The number of aromatic nitrogens is 1. The highest BCUT2D eigenvalue weighted by atomic mass is 15.1. The minimum atomic E-state index is 1.09. The number of benzene rings is 9. The third-order valence-corrected chi connectivity index (χ3v) is 10.8. The van der Waals surface area contributed by atoms with E-state index >= 15 is 0 Å². The summed E-state index contributed by atoms with van der Waals surface area (Å²) in [6.45, 7) is 0. The molecule has 2 heteroatoms. The van der Waals surface area contributed by atoms with Crippen molar-refractivity contribution in [3.63, 3.8) is 0 Å². The second-order valence-corrected chi connectivity index (χ2v) is 14.2. The van der Waals surface area contributed by atoms with Crippen molar-refractivity contribution in [2.45, 2.75) is 0 Å². The molecule has 0 atom stereocenters. The highest BCUT2D eigenvalue weighted by Gasteiger charge is 2.16. The molecule has 0 fully saturated rings. The van der Waals surface area contributed by atoms with Gasteiger partial charge in [-0.3, -0.25) is 0 Å². The van der Waals surface area contributed by atoms with Gasteiger partial charge in [-0.05, 0) is 105 Å². The fourth-order valence-corrected chi connectivity index (χ4v) is 8.10. The Kier molecular flexibility index (Phi) is 8.55. The molecule has 10 aromatic rings. The number of hydrogen-bond acceptors (Lipinski definition) is 1. The van der Waals surface area contributed by atoms with Crippen molar-refractivity contribution >= 4 is 38.9 Å². The smallest absolute Gasteiger partial charge is 0.0541 e. The van der Waals surface area contributed by atoms with Crippen molar-refractivity contribution < 1.29 is 0 Å². The molecule has 0 aliphatic heterocycles. The first kappa shape index (κ1) is 33.2. The van der Waals surface area contributed by atoms with E-state index < -0.39 is 0 Å². The summed E-state index contributed by atoms with van der Waals surface area (Å²) >= 11 is 0. The minimum Gasteiger partial charge on any atom is -0.310 e. The lowest BCUT2D eigenvalue weighted by atomic mass is 9.94. The van der Waals surface area contributed by atoms with Gasteiger partial charge in [0, 0.05) is 33.5 Å². The highest BCUT2D eigenvalue weighted by Crippen LogP contribution is 2.40. The number of fused-ring (bicyclic) bond motifs is 3. The molecular formula is C54H38N2. The van der Waals surface area contributed by atoms with E-state index in [0.29, 0.717) is 0 Å². The van der Waals surface area contributed by atoms with Gasteiger partial charge in [-0.15, -0.1) is 0 Å². The zero-order chi connectivity index (χ0) is 37.3. The summed E-state index contributed by atoms with van der Waals surface area (Å²) in [6.07, 6.45) is 0. The monoisotopic (exact) mass is 714 g/mol. The van der Waals surface area contributed by atoms with Crippen LogP contribution in [0, 0.1) is 0 Å². The van der Waals surface area contributed by atoms with Crippen molar-refractivity contribution in [2.75, 3.05) is 4.90 Å². The second kappa shape index (κ2) is 14.4. The quantitative estimate of drug-likeness (QED) is 0.152. The number of para-hydroxylation sites is 2. The van der Waals surface area contributed by atoms with Crippen LogP contribution in [0.4, 0.5) is 17.1 Å². The fraction of sp³-hybridized carbons (Fsp3) is 0. The number of hydrogen-bond donors (Lipinski definition) is 0. The third-order valence-electron chi connectivity index (χ3n) is 10.8. The van der Waals surface area contributed by atoms with E-state index in [-0.39, 0.29) is 0 Å². The fourth-order valence-electron chi connectivity index (χ4n) is 8.10. The van der Waals surface area contributed by atoms with Crippen LogP contribution in [0.2, 0.25) is 0 Å². The van der Waals surface area contributed by atoms with Crippen LogP contribution in [0.3, 0.4) is 0 Å². The van der Waals surface area contributed by atoms with Crippen LogP contribution in [0.15, 0.2) is 231 Å². The number of nitrogens with zero attached hydrogens (tertiary/aromatic N) is 2. The van der Waals surface area contributed by atoms with Gasteiger partial charge >= 0.3 is 0 Å². The number of rotatable bonds is 8. The summed E-state index contributed by atoms with van der Waals surface area (Å²) in [7, 11) is 0. The summed E-state index contributed by atoms with van der Waals surface area (Å²) in [4.78, 5) is 2.36. The van der Waals surface area contributed by atoms with E-state index in [1.165, 1.54) is 60.8 Å². The Hall–Kier alpha value is -7.42. The van der Waals surface area contributed by atoms with Gasteiger partial charge in [0.1, 0.15) is 0 Å². The van der Waals surface area contributed by atoms with Gasteiger partial charge in [-0.25, -0.2) is 0 Å². The zero-order valence-electron chi connectivity index (χ0n) is 30.8. The van der Waals surface area contributed by atoms with Crippen molar-refractivity contribution in [2.24, 2.45) is 0 Å². The van der Waals surface area contributed by atoms with Crippen LogP contribution in [0.25, 0.3) is 72.0 Å². The standard InChI is InChI=1S/C54H38N2/c1-3-14-39(15-4-1)40-26-32-45(33-27-40)55(46-36-30-43(31-37-46)50-21-8-7-20-49(50)42-16-5-2-6-17-42)48-19-13-18-44(38-48)41-28-34-47(35-29-41)56-53-24-11-9-22-51(53)52-23-10-12-25-54(52)56/h1-38H. The molecule has 10 rings (SSSR count). The van der Waals surface area contributed by atoms with Crippen molar-refractivity contribution in [3.8, 4) is 50.2 Å². The summed E-state index contributed by atoms with van der Waals surface area (Å²) in [5, 5.41) is 2.54. The average molecular weight is 715 g/mol. The molecule has 0 saturated carbocycles. The van der Waals surface area contributed by atoms with Gasteiger partial charge < -0.3 is 9.47 Å². The molecule has 0 aliphatic carbocycles. The molecule has 264 valence electrons. The molecule has 0 spiro atoms. The molecule has 0 saturated heterocycles. The van der Waals surface area contributed by atoms with Crippen molar-refractivity contribution in [1.29, 1.82) is 0 Å². The Morgan fingerprint density at radius 3 is 1.27 bits per heavy atom. The lowest BCUT2D eigenvalue weighted by molar-refractivity contribution is 1.18. The second-order valence-electron chi connectivity index (χ2n) is 14.2. The molecule has 1 heterocycles. The SMILES string of the molecule is c1ccc(-c2ccc(N(c3ccc(-c4ccccc4-c4ccccc4)cc3)c3cccc(-c4ccc(-n5c6ccccc6c6ccccc65)cc4)c3)cc2)cc1. The maximum absolute atomic E-state index is 2.37. The zero-order valence-corrected chi connectivity index (χ0v) is 30.8. The van der Waals surface area contributed by atoms with E-state index in [4.69, 9.17) is 0 Å². The molecule has 2 nitrogen and oxygen atoms in total. The van der Waals surface area contributed by atoms with Crippen LogP contribution < -0.4 is 4.90 Å². The summed E-state index contributed by atoms with van der Waals surface area (Å²) in [6, 6.07) is 83.0. The van der Waals surface area contributed by atoms with Crippen molar-refractivity contribution in [1.82, 2.24) is 4.57 Å². The molecule has 56 heavy (non-hydrogen) atoms. The Morgan fingerprint density at radius 1 is 0.268 bits per heavy atom. The first-order valence-electron chi connectivity index (χ1n) is 19.2. The van der Waals surface area contributed by atoms with Gasteiger partial charge in [0.2, 0.25) is 0 Å². The van der Waals surface area contributed by atoms with Gasteiger partial charge in [-0.2, -0.15) is 0 Å². The molecule has 0 radical (unpaired) electrons. The van der Waals surface area contributed by atoms with Gasteiger partial charge in [-0.1, -0.05) is 170 Å². The topological polar surface area (TPSA) is 8.17 Å². The Balaban J connectivity index is 1.03. The normalized spacial score (nSPS) is 11.2. The van der Waals surface area contributed by atoms with Gasteiger partial charge in [0.25, 0.3) is 0 Å². The molecule has 0 unspecified atom stereocenters. The van der Waals surface area contributed by atoms with Crippen molar-refractivity contribution in [3.05, 3.63) is 231 Å². The highest BCUT2D eigenvalue weighted by molar-refractivity contribution is 6.09. The molecule has 0 bridgehead atoms. The predicted molar refractivity (Wildman–Crippen MR) is 237 cm³/mol. The Morgan fingerprint density at radius 2 is 0.679 bits per heavy atom. The summed E-state index contributed by atoms with van der Waals surface area (Å²) in [5.74, 6) is 0. The van der Waals surface area contributed by atoms with Crippen LogP contribution in [-0.2, 0) is 0 Å². The van der Waals surface area contributed by atoms with Crippen LogP contribution in [-0.4, -0.2) is 4.57 Å². The summed E-state index contributed by atoms with van der Waals surface area (Å²) < 4.78 is 2.37. The molecule has 0 amide bonds. The predicted octanol–water partition coefficient (Wildman–Crippen LogP) is 14.9. The average Bonchev–Trinajstić information content (AvgIpc) is 3.62. The van der Waals surface area contributed by atoms with E-state index in [0.717, 1.165) is 28.3 Å². The van der Waals surface area contributed by atoms with Crippen LogP contribution in [0.1, 0.15) is 0 Å². The first-order chi connectivity index (χ1) is 27.8. The largest absolute Gasteiger partial charge is 0.310 e. The molecule has 1 aromatic heterocycles. The maximum Gasteiger partial charge on any atom is 0.0541 e. The van der Waals surface area contributed by atoms with E-state index in [9.17, 15) is 0 Å². The Labute approximate surface area is 327 Å². The van der Waals surface area contributed by atoms with Gasteiger partial charge in [0.05, 0.1) is 11.0 Å². The molecular weight excluding hydrogens is 677 g/mol. The number of anilines is 3. The lowest BCUT2D eigenvalue weighted by Gasteiger charge is -2.26. The van der Waals surface area contributed by atoms with Gasteiger partial charge in [0.15, 0.2) is 0 Å². The molecule has 0 N–H and O–H groups in total. The lowest BCUT2D eigenvalue weighted by Crippen LogP contribution is -2.10. The van der Waals surface area contributed by atoms with E-state index in [1.54, 1.807) is 0 Å². The maximum atomic E-state index is 2.37. The Bertz CT molecular complexity index is 2870.